The van der Waals surface area contributed by atoms with Crippen LogP contribution in [0.5, 0.6) is 11.5 Å². The van der Waals surface area contributed by atoms with E-state index in [1.165, 1.54) is 0 Å². The molecule has 0 unspecified atom stereocenters. The van der Waals surface area contributed by atoms with Crippen LogP contribution in [0.15, 0.2) is 60.7 Å². The van der Waals surface area contributed by atoms with E-state index in [4.69, 9.17) is 33.3 Å². The summed E-state index contributed by atoms with van der Waals surface area (Å²) in [6.45, 7) is 1.35. The Hall–Kier alpha value is -3.36. The smallest absolute Gasteiger partial charge is 0.276 e. The number of fused-ring (bicyclic) bond motifs is 1. The molecule has 0 spiro atoms. The van der Waals surface area contributed by atoms with Gasteiger partial charge in [-0.3, -0.25) is 25.8 Å². The Kier molecular flexibility index (Phi) is 7.64. The second-order valence-corrected chi connectivity index (χ2v) is 7.36. The normalized spacial score (nSPS) is 10.3. The molecule has 9 heteroatoms. The van der Waals surface area contributed by atoms with E-state index in [1.54, 1.807) is 24.3 Å². The van der Waals surface area contributed by atoms with Gasteiger partial charge in [-0.15, -0.1) is 0 Å². The van der Waals surface area contributed by atoms with Crippen LogP contribution in [-0.4, -0.2) is 30.1 Å². The minimum Gasteiger partial charge on any atom is -0.483 e. The van der Waals surface area contributed by atoms with Crippen molar-refractivity contribution in [3.05, 3.63) is 71.2 Å². The minimum atomic E-state index is -0.479. The largest absolute Gasteiger partial charge is 0.483 e. The third-order valence-corrected chi connectivity index (χ3v) is 4.61. The molecule has 0 aliphatic carbocycles. The summed E-state index contributed by atoms with van der Waals surface area (Å²) in [5, 5.41) is 4.84. The molecule has 0 bridgehead atoms. The van der Waals surface area contributed by atoms with E-state index in [2.05, 4.69) is 16.2 Å². The van der Waals surface area contributed by atoms with Crippen LogP contribution < -0.4 is 25.6 Å². The highest BCUT2D eigenvalue weighted by Gasteiger charge is 2.09. The summed E-state index contributed by atoms with van der Waals surface area (Å²) in [6.07, 6.45) is 0. The van der Waals surface area contributed by atoms with Crippen molar-refractivity contribution >= 4 is 51.5 Å². The van der Waals surface area contributed by atoms with Crippen LogP contribution in [-0.2, 0) is 9.59 Å². The number of halogens is 1. The van der Waals surface area contributed by atoms with Crippen molar-refractivity contribution in [1.82, 2.24) is 16.2 Å². The number of carbonyl (C=O) groups is 2. The van der Waals surface area contributed by atoms with Crippen molar-refractivity contribution in [3.63, 3.8) is 0 Å². The van der Waals surface area contributed by atoms with Crippen molar-refractivity contribution in [2.75, 3.05) is 13.2 Å². The third-order valence-electron chi connectivity index (χ3n) is 4.17. The molecule has 0 aliphatic rings. The van der Waals surface area contributed by atoms with Crippen LogP contribution in [0.2, 0.25) is 5.02 Å². The number of hydrogen-bond donors (Lipinski definition) is 3. The molecule has 0 heterocycles. The van der Waals surface area contributed by atoms with Gasteiger partial charge in [-0.1, -0.05) is 48.0 Å². The van der Waals surface area contributed by atoms with Crippen molar-refractivity contribution in [2.24, 2.45) is 0 Å². The summed E-state index contributed by atoms with van der Waals surface area (Å²) in [6, 6.07) is 18.4. The van der Waals surface area contributed by atoms with Gasteiger partial charge in [0.1, 0.15) is 11.5 Å². The van der Waals surface area contributed by atoms with Gasteiger partial charge in [0.15, 0.2) is 18.3 Å². The summed E-state index contributed by atoms with van der Waals surface area (Å²) < 4.78 is 11.0. The molecule has 160 valence electrons. The second-order valence-electron chi connectivity index (χ2n) is 6.51. The molecule has 0 saturated heterocycles. The monoisotopic (exact) mass is 457 g/mol. The van der Waals surface area contributed by atoms with E-state index in [9.17, 15) is 9.59 Å². The Labute approximate surface area is 189 Å². The fourth-order valence-electron chi connectivity index (χ4n) is 2.74. The van der Waals surface area contributed by atoms with Gasteiger partial charge < -0.3 is 9.47 Å². The number of benzene rings is 3. The second kappa shape index (κ2) is 10.6. The molecular weight excluding hydrogens is 438 g/mol. The first-order chi connectivity index (χ1) is 14.9. The molecule has 2 amide bonds. The zero-order valence-electron chi connectivity index (χ0n) is 16.6. The molecular formula is C22H20ClN3O4S. The summed E-state index contributed by atoms with van der Waals surface area (Å²) >= 11 is 10.9. The molecule has 0 aromatic heterocycles. The number of aryl methyl sites for hydroxylation is 1. The Balaban J connectivity index is 1.39. The van der Waals surface area contributed by atoms with Crippen molar-refractivity contribution < 1.29 is 19.1 Å². The lowest BCUT2D eigenvalue weighted by Gasteiger charge is -2.13. The summed E-state index contributed by atoms with van der Waals surface area (Å²) in [4.78, 5) is 24.0. The highest BCUT2D eigenvalue weighted by molar-refractivity contribution is 7.80. The van der Waals surface area contributed by atoms with E-state index >= 15 is 0 Å². The van der Waals surface area contributed by atoms with Gasteiger partial charge in [0.25, 0.3) is 11.8 Å². The SMILES string of the molecule is Cc1cc(Cl)ccc1OCC(=O)NC(=S)NNC(=O)COc1cccc2ccccc12. The van der Waals surface area contributed by atoms with Crippen LogP contribution in [0.1, 0.15) is 5.56 Å². The van der Waals surface area contributed by atoms with Crippen molar-refractivity contribution in [2.45, 2.75) is 6.92 Å². The van der Waals surface area contributed by atoms with E-state index in [0.29, 0.717) is 16.5 Å². The Morgan fingerprint density at radius 2 is 1.61 bits per heavy atom. The molecule has 31 heavy (non-hydrogen) atoms. The van der Waals surface area contributed by atoms with Crippen molar-refractivity contribution in [1.29, 1.82) is 0 Å². The highest BCUT2D eigenvalue weighted by Crippen LogP contribution is 2.25. The molecule has 0 saturated carbocycles. The quantitative estimate of drug-likeness (QED) is 0.389. The van der Waals surface area contributed by atoms with Gasteiger partial charge in [0.2, 0.25) is 0 Å². The lowest BCUT2D eigenvalue weighted by Crippen LogP contribution is -2.50. The van der Waals surface area contributed by atoms with Gasteiger partial charge in [-0.05, 0) is 54.4 Å². The number of rotatable bonds is 6. The number of carbonyl (C=O) groups excluding carboxylic acids is 2. The topological polar surface area (TPSA) is 88.7 Å². The summed E-state index contributed by atoms with van der Waals surface area (Å²) in [5.41, 5.74) is 5.63. The third kappa shape index (κ3) is 6.56. The average Bonchev–Trinajstić information content (AvgIpc) is 2.75. The maximum absolute atomic E-state index is 12.0. The molecule has 0 radical (unpaired) electrons. The zero-order chi connectivity index (χ0) is 22.2. The Morgan fingerprint density at radius 3 is 2.42 bits per heavy atom. The molecule has 0 fully saturated rings. The van der Waals surface area contributed by atoms with E-state index in [1.807, 2.05) is 43.3 Å². The Bertz CT molecular complexity index is 1120. The first-order valence-electron chi connectivity index (χ1n) is 9.30. The lowest BCUT2D eigenvalue weighted by molar-refractivity contribution is -0.124. The fraction of sp³-hybridized carbons (Fsp3) is 0.136. The van der Waals surface area contributed by atoms with E-state index < -0.39 is 11.8 Å². The number of hydrazine groups is 1. The number of amides is 2. The van der Waals surface area contributed by atoms with E-state index in [-0.39, 0.29) is 18.3 Å². The number of hydrogen-bond acceptors (Lipinski definition) is 5. The van der Waals surface area contributed by atoms with Gasteiger partial charge in [0, 0.05) is 10.4 Å². The molecule has 3 aromatic carbocycles. The van der Waals surface area contributed by atoms with Crippen LogP contribution in [0.25, 0.3) is 10.8 Å². The number of thiocarbonyl (C=S) groups is 1. The number of nitrogens with one attached hydrogen (secondary N) is 3. The highest BCUT2D eigenvalue weighted by atomic mass is 35.5. The fourth-order valence-corrected chi connectivity index (χ4v) is 3.13. The molecule has 0 aliphatic heterocycles. The van der Waals surface area contributed by atoms with Crippen LogP contribution >= 0.6 is 23.8 Å². The first kappa shape index (κ1) is 22.3. The molecule has 7 nitrogen and oxygen atoms in total. The molecule has 0 atom stereocenters. The average molecular weight is 458 g/mol. The minimum absolute atomic E-state index is 0.0695. The predicted molar refractivity (Wildman–Crippen MR) is 123 cm³/mol. The van der Waals surface area contributed by atoms with Gasteiger partial charge in [-0.25, -0.2) is 0 Å². The molecule has 3 rings (SSSR count). The standard InChI is InChI=1S/C22H20ClN3O4S/c1-14-11-16(23)9-10-18(14)29-12-20(27)24-22(31)26-25-21(28)13-30-19-8-4-6-15-5-2-3-7-17(15)19/h2-11H,12-13H2,1H3,(H,25,28)(H2,24,26,27,31). The van der Waals surface area contributed by atoms with Crippen LogP contribution in [0.4, 0.5) is 0 Å². The molecule has 3 N–H and O–H groups in total. The van der Waals surface area contributed by atoms with Gasteiger partial charge in [-0.2, -0.15) is 0 Å². The van der Waals surface area contributed by atoms with Gasteiger partial charge in [0.05, 0.1) is 0 Å². The number of ether oxygens (including phenoxy) is 2. The van der Waals surface area contributed by atoms with Crippen molar-refractivity contribution in [3.8, 4) is 11.5 Å². The van der Waals surface area contributed by atoms with Crippen LogP contribution in [0, 0.1) is 6.92 Å². The zero-order valence-corrected chi connectivity index (χ0v) is 18.2. The van der Waals surface area contributed by atoms with Crippen LogP contribution in [0.3, 0.4) is 0 Å². The maximum Gasteiger partial charge on any atom is 0.276 e. The lowest BCUT2D eigenvalue weighted by atomic mass is 10.1. The maximum atomic E-state index is 12.0. The summed E-state index contributed by atoms with van der Waals surface area (Å²) in [7, 11) is 0. The Morgan fingerprint density at radius 1 is 0.903 bits per heavy atom. The first-order valence-corrected chi connectivity index (χ1v) is 10.1. The molecule has 3 aromatic rings. The predicted octanol–water partition coefficient (Wildman–Crippen LogP) is 3.28. The van der Waals surface area contributed by atoms with E-state index in [0.717, 1.165) is 16.3 Å². The van der Waals surface area contributed by atoms with Gasteiger partial charge >= 0.3 is 0 Å². The summed E-state index contributed by atoms with van der Waals surface area (Å²) in [5.74, 6) is 0.196.